The van der Waals surface area contributed by atoms with E-state index in [1.54, 1.807) is 60.8 Å². The standard InChI is InChI=1S/C27H25FN4O3/c1-35-24-9-8-22(28)16-23(24)20-5-3-14-32(15-12-20)26(33)11-7-19-6-10-25(30-17-19)31-27(34)21-4-2-13-29-18-21/h2,4-11,13,16-18H,3,12,14-15H2,1H3,(H,30,31,34)/b11-7+. The first-order chi connectivity index (χ1) is 17.0. The quantitative estimate of drug-likeness (QED) is 0.531. The van der Waals surface area contributed by atoms with Crippen LogP contribution in [0.1, 0.15) is 34.3 Å². The van der Waals surface area contributed by atoms with Crippen LogP contribution in [0.5, 0.6) is 5.75 Å². The van der Waals surface area contributed by atoms with Gasteiger partial charge in [-0.3, -0.25) is 14.6 Å². The fourth-order valence-corrected chi connectivity index (χ4v) is 3.80. The number of methoxy groups -OCH3 is 1. The van der Waals surface area contributed by atoms with E-state index in [0.29, 0.717) is 43.1 Å². The Hall–Kier alpha value is -4.33. The zero-order valence-electron chi connectivity index (χ0n) is 19.3. The van der Waals surface area contributed by atoms with Crippen molar-refractivity contribution < 1.29 is 18.7 Å². The van der Waals surface area contributed by atoms with Crippen molar-refractivity contribution in [3.05, 3.63) is 95.7 Å². The molecule has 0 atom stereocenters. The minimum Gasteiger partial charge on any atom is -0.496 e. The van der Waals surface area contributed by atoms with Crippen LogP contribution in [0.15, 0.2) is 73.2 Å². The zero-order valence-corrected chi connectivity index (χ0v) is 19.3. The second-order valence-corrected chi connectivity index (χ2v) is 7.94. The Morgan fingerprint density at radius 2 is 2.03 bits per heavy atom. The van der Waals surface area contributed by atoms with Crippen LogP contribution in [0.2, 0.25) is 0 Å². The molecule has 0 radical (unpaired) electrons. The van der Waals surface area contributed by atoms with Gasteiger partial charge in [0.2, 0.25) is 5.91 Å². The number of rotatable bonds is 6. The summed E-state index contributed by atoms with van der Waals surface area (Å²) in [7, 11) is 1.56. The van der Waals surface area contributed by atoms with Crippen molar-refractivity contribution >= 4 is 29.3 Å². The summed E-state index contributed by atoms with van der Waals surface area (Å²) in [4.78, 5) is 34.9. The third kappa shape index (κ3) is 6.17. The van der Waals surface area contributed by atoms with Crippen molar-refractivity contribution in [2.45, 2.75) is 12.8 Å². The molecule has 0 unspecified atom stereocenters. The lowest BCUT2D eigenvalue weighted by atomic mass is 10.0. The number of nitrogens with one attached hydrogen (secondary N) is 1. The van der Waals surface area contributed by atoms with Gasteiger partial charge in [0.1, 0.15) is 17.4 Å². The second-order valence-electron chi connectivity index (χ2n) is 7.94. The molecule has 2 amide bonds. The number of anilines is 1. The SMILES string of the molecule is COc1ccc(F)cc1C1=CCCN(C(=O)/C=C/c2ccc(NC(=O)c3cccnc3)nc2)CC1. The number of nitrogens with zero attached hydrogens (tertiary/aromatic N) is 3. The molecular weight excluding hydrogens is 447 g/mol. The van der Waals surface area contributed by atoms with Crippen LogP contribution in [-0.2, 0) is 4.79 Å². The van der Waals surface area contributed by atoms with Gasteiger partial charge in [-0.2, -0.15) is 0 Å². The van der Waals surface area contributed by atoms with E-state index in [1.165, 1.54) is 24.4 Å². The number of carbonyl (C=O) groups excluding carboxylic acids is 2. The zero-order chi connectivity index (χ0) is 24.6. The Labute approximate surface area is 203 Å². The molecule has 0 fully saturated rings. The molecule has 0 saturated heterocycles. The Morgan fingerprint density at radius 3 is 2.77 bits per heavy atom. The minimum atomic E-state index is -0.321. The van der Waals surface area contributed by atoms with Gasteiger partial charge in [0, 0.05) is 43.3 Å². The van der Waals surface area contributed by atoms with Crippen LogP contribution in [0, 0.1) is 5.82 Å². The van der Waals surface area contributed by atoms with Crippen molar-refractivity contribution in [1.29, 1.82) is 0 Å². The van der Waals surface area contributed by atoms with Gasteiger partial charge in [0.15, 0.2) is 0 Å². The van der Waals surface area contributed by atoms with Crippen molar-refractivity contribution in [3.8, 4) is 5.75 Å². The summed E-state index contributed by atoms with van der Waals surface area (Å²) in [5.74, 6) is 0.290. The Morgan fingerprint density at radius 1 is 1.14 bits per heavy atom. The van der Waals surface area contributed by atoms with Gasteiger partial charge in [-0.15, -0.1) is 0 Å². The molecule has 3 heterocycles. The molecule has 0 saturated carbocycles. The first-order valence-corrected chi connectivity index (χ1v) is 11.2. The first-order valence-electron chi connectivity index (χ1n) is 11.2. The highest BCUT2D eigenvalue weighted by Crippen LogP contribution is 2.31. The van der Waals surface area contributed by atoms with E-state index in [4.69, 9.17) is 4.74 Å². The summed E-state index contributed by atoms with van der Waals surface area (Å²) < 4.78 is 19.2. The molecule has 7 nitrogen and oxygen atoms in total. The maximum atomic E-state index is 13.8. The molecule has 0 spiro atoms. The molecule has 178 valence electrons. The van der Waals surface area contributed by atoms with Crippen LogP contribution in [0.4, 0.5) is 10.2 Å². The number of amides is 2. The smallest absolute Gasteiger partial charge is 0.258 e. The fraction of sp³-hybridized carbons (Fsp3) is 0.185. The molecule has 35 heavy (non-hydrogen) atoms. The van der Waals surface area contributed by atoms with E-state index in [-0.39, 0.29) is 17.6 Å². The van der Waals surface area contributed by atoms with Crippen LogP contribution in [0.25, 0.3) is 11.6 Å². The van der Waals surface area contributed by atoms with Gasteiger partial charge in [-0.1, -0.05) is 6.08 Å². The topological polar surface area (TPSA) is 84.4 Å². The monoisotopic (exact) mass is 472 g/mol. The van der Waals surface area contributed by atoms with Crippen LogP contribution in [-0.4, -0.2) is 46.9 Å². The predicted octanol–water partition coefficient (Wildman–Crippen LogP) is 4.60. The lowest BCUT2D eigenvalue weighted by Crippen LogP contribution is -2.30. The van der Waals surface area contributed by atoms with E-state index in [2.05, 4.69) is 15.3 Å². The third-order valence-electron chi connectivity index (χ3n) is 5.63. The molecule has 0 aliphatic carbocycles. The van der Waals surface area contributed by atoms with Crippen LogP contribution >= 0.6 is 0 Å². The number of benzene rings is 1. The summed E-state index contributed by atoms with van der Waals surface area (Å²) in [6, 6.07) is 11.3. The van der Waals surface area contributed by atoms with Gasteiger partial charge in [-0.05, 0) is 72.5 Å². The number of hydrogen-bond acceptors (Lipinski definition) is 5. The highest BCUT2D eigenvalue weighted by atomic mass is 19.1. The highest BCUT2D eigenvalue weighted by Gasteiger charge is 2.17. The normalized spacial score (nSPS) is 13.8. The van der Waals surface area contributed by atoms with Gasteiger partial charge < -0.3 is 15.0 Å². The van der Waals surface area contributed by atoms with Crippen molar-refractivity contribution in [2.75, 3.05) is 25.5 Å². The summed E-state index contributed by atoms with van der Waals surface area (Å²) in [6.45, 7) is 1.09. The summed E-state index contributed by atoms with van der Waals surface area (Å²) in [5, 5.41) is 2.71. The van der Waals surface area contributed by atoms with E-state index in [0.717, 1.165) is 16.7 Å². The Bertz CT molecular complexity index is 1260. The van der Waals surface area contributed by atoms with Crippen molar-refractivity contribution in [3.63, 3.8) is 0 Å². The average Bonchev–Trinajstić information content (AvgIpc) is 3.15. The number of ether oxygens (including phenoxy) is 1. The van der Waals surface area contributed by atoms with Gasteiger partial charge in [-0.25, -0.2) is 9.37 Å². The number of pyridine rings is 2. The minimum absolute atomic E-state index is 0.111. The number of hydrogen-bond donors (Lipinski definition) is 1. The summed E-state index contributed by atoms with van der Waals surface area (Å²) in [6.07, 6.45) is 11.2. The lowest BCUT2D eigenvalue weighted by molar-refractivity contribution is -0.125. The maximum Gasteiger partial charge on any atom is 0.258 e. The van der Waals surface area contributed by atoms with E-state index in [9.17, 15) is 14.0 Å². The Balaban J connectivity index is 1.34. The summed E-state index contributed by atoms with van der Waals surface area (Å²) >= 11 is 0. The largest absolute Gasteiger partial charge is 0.496 e. The first kappa shape index (κ1) is 23.8. The van der Waals surface area contributed by atoms with Gasteiger partial charge in [0.25, 0.3) is 5.91 Å². The molecule has 1 aliphatic rings. The average molecular weight is 473 g/mol. The molecule has 3 aromatic rings. The molecule has 8 heteroatoms. The molecule has 1 N–H and O–H groups in total. The molecule has 2 aromatic heterocycles. The van der Waals surface area contributed by atoms with E-state index < -0.39 is 0 Å². The molecule has 1 aliphatic heterocycles. The van der Waals surface area contributed by atoms with Crippen molar-refractivity contribution in [2.24, 2.45) is 0 Å². The van der Waals surface area contributed by atoms with Crippen LogP contribution in [0.3, 0.4) is 0 Å². The third-order valence-corrected chi connectivity index (χ3v) is 5.63. The number of carbonyl (C=O) groups is 2. The number of aromatic nitrogens is 2. The molecule has 1 aromatic carbocycles. The summed E-state index contributed by atoms with van der Waals surface area (Å²) in [5.41, 5.74) is 2.86. The molecular formula is C27H25FN4O3. The van der Waals surface area contributed by atoms with Gasteiger partial charge in [0.05, 0.1) is 12.7 Å². The highest BCUT2D eigenvalue weighted by molar-refractivity contribution is 6.03. The van der Waals surface area contributed by atoms with Crippen LogP contribution < -0.4 is 10.1 Å². The lowest BCUT2D eigenvalue weighted by Gasteiger charge is -2.19. The number of halogens is 1. The van der Waals surface area contributed by atoms with E-state index >= 15 is 0 Å². The fourth-order valence-electron chi connectivity index (χ4n) is 3.80. The van der Waals surface area contributed by atoms with Gasteiger partial charge >= 0.3 is 0 Å². The maximum absolute atomic E-state index is 13.8. The Kier molecular flexibility index (Phi) is 7.62. The molecule has 4 rings (SSSR count). The second kappa shape index (κ2) is 11.2. The van der Waals surface area contributed by atoms with E-state index in [1.807, 2.05) is 6.08 Å². The molecule has 0 bridgehead atoms. The predicted molar refractivity (Wildman–Crippen MR) is 132 cm³/mol. The van der Waals surface area contributed by atoms with Crippen molar-refractivity contribution in [1.82, 2.24) is 14.9 Å².